The highest BCUT2D eigenvalue weighted by Crippen LogP contribution is 2.36. The van der Waals surface area contributed by atoms with E-state index < -0.39 is 17.7 Å². The molecule has 1 aliphatic carbocycles. The van der Waals surface area contributed by atoms with Gasteiger partial charge in [-0.05, 0) is 56.4 Å². The SMILES string of the molecule is Cc1ccc2c(c1)[C@@H](OC(=O)c1sc(-c3ccc(C(F)(F)F)cc3)nc1C)CCC2. The van der Waals surface area contributed by atoms with Crippen molar-refractivity contribution >= 4 is 17.3 Å². The van der Waals surface area contributed by atoms with Crippen molar-refractivity contribution in [3.8, 4) is 10.6 Å². The molecule has 3 nitrogen and oxygen atoms in total. The Hall–Kier alpha value is -2.67. The molecule has 0 amide bonds. The number of aryl methyl sites for hydroxylation is 3. The molecule has 1 atom stereocenters. The number of nitrogens with zero attached hydrogens (tertiary/aromatic N) is 1. The van der Waals surface area contributed by atoms with E-state index in [1.54, 1.807) is 6.92 Å². The predicted molar refractivity (Wildman–Crippen MR) is 110 cm³/mol. The Morgan fingerprint density at radius 3 is 2.57 bits per heavy atom. The summed E-state index contributed by atoms with van der Waals surface area (Å²) in [5.41, 5.74) is 3.71. The van der Waals surface area contributed by atoms with Crippen molar-refractivity contribution in [2.24, 2.45) is 0 Å². The lowest BCUT2D eigenvalue weighted by Gasteiger charge is -2.25. The van der Waals surface area contributed by atoms with Crippen molar-refractivity contribution in [1.82, 2.24) is 4.98 Å². The summed E-state index contributed by atoms with van der Waals surface area (Å²) < 4.78 is 44.2. The molecular formula is C23H20F3NO2S. The Kier molecular flexibility index (Phi) is 5.40. The molecule has 30 heavy (non-hydrogen) atoms. The Morgan fingerprint density at radius 2 is 1.87 bits per heavy atom. The smallest absolute Gasteiger partial charge is 0.416 e. The number of ether oxygens (including phenoxy) is 1. The van der Waals surface area contributed by atoms with Gasteiger partial charge in [0.15, 0.2) is 0 Å². The number of thiazole rings is 1. The van der Waals surface area contributed by atoms with Crippen molar-refractivity contribution in [3.05, 3.63) is 75.3 Å². The number of hydrogen-bond acceptors (Lipinski definition) is 4. The van der Waals surface area contributed by atoms with Crippen molar-refractivity contribution in [1.29, 1.82) is 0 Å². The fourth-order valence-electron chi connectivity index (χ4n) is 3.69. The van der Waals surface area contributed by atoms with Gasteiger partial charge in [0, 0.05) is 5.56 Å². The Labute approximate surface area is 176 Å². The second-order valence-corrected chi connectivity index (χ2v) is 8.50. The number of hydrogen-bond donors (Lipinski definition) is 0. The second-order valence-electron chi connectivity index (χ2n) is 7.50. The number of aromatic nitrogens is 1. The van der Waals surface area contributed by atoms with Crippen LogP contribution in [-0.4, -0.2) is 11.0 Å². The van der Waals surface area contributed by atoms with Crippen molar-refractivity contribution < 1.29 is 22.7 Å². The predicted octanol–water partition coefficient (Wildman–Crippen LogP) is 6.68. The average Bonchev–Trinajstić information content (AvgIpc) is 3.10. The fourth-order valence-corrected chi connectivity index (χ4v) is 4.65. The van der Waals surface area contributed by atoms with Gasteiger partial charge >= 0.3 is 12.1 Å². The molecule has 156 valence electrons. The first-order valence-corrected chi connectivity index (χ1v) is 10.5. The van der Waals surface area contributed by atoms with E-state index in [0.29, 0.717) is 21.1 Å². The van der Waals surface area contributed by atoms with E-state index in [4.69, 9.17) is 4.74 Å². The first-order valence-electron chi connectivity index (χ1n) is 9.68. The third-order valence-corrected chi connectivity index (χ3v) is 6.44. The third kappa shape index (κ3) is 4.12. The van der Waals surface area contributed by atoms with Gasteiger partial charge in [0.2, 0.25) is 0 Å². The van der Waals surface area contributed by atoms with E-state index >= 15 is 0 Å². The topological polar surface area (TPSA) is 39.2 Å². The molecule has 1 aromatic heterocycles. The van der Waals surface area contributed by atoms with Gasteiger partial charge in [-0.15, -0.1) is 11.3 Å². The number of halogens is 3. The summed E-state index contributed by atoms with van der Waals surface area (Å²) in [7, 11) is 0. The zero-order valence-corrected chi connectivity index (χ0v) is 17.4. The summed E-state index contributed by atoms with van der Waals surface area (Å²) in [5, 5.41) is 0.494. The molecule has 0 saturated carbocycles. The molecule has 7 heteroatoms. The number of benzene rings is 2. The van der Waals surface area contributed by atoms with Gasteiger partial charge in [-0.3, -0.25) is 0 Å². The number of fused-ring (bicyclic) bond motifs is 1. The number of carbonyl (C=O) groups excluding carboxylic acids is 1. The normalized spacial score (nSPS) is 16.2. The van der Waals surface area contributed by atoms with Crippen LogP contribution in [0, 0.1) is 13.8 Å². The van der Waals surface area contributed by atoms with Crippen LogP contribution in [0.25, 0.3) is 10.6 Å². The maximum Gasteiger partial charge on any atom is 0.416 e. The van der Waals surface area contributed by atoms with Crippen LogP contribution < -0.4 is 0 Å². The van der Waals surface area contributed by atoms with Gasteiger partial charge in [0.05, 0.1) is 11.3 Å². The van der Waals surface area contributed by atoms with Crippen LogP contribution in [-0.2, 0) is 17.3 Å². The summed E-state index contributed by atoms with van der Waals surface area (Å²) in [6.45, 7) is 3.72. The minimum absolute atomic E-state index is 0.294. The molecule has 0 radical (unpaired) electrons. The molecule has 0 N–H and O–H groups in total. The number of alkyl halides is 3. The van der Waals surface area contributed by atoms with E-state index in [-0.39, 0.29) is 6.10 Å². The third-order valence-electron chi connectivity index (χ3n) is 5.25. The molecular weight excluding hydrogens is 411 g/mol. The molecule has 4 rings (SSSR count). The lowest BCUT2D eigenvalue weighted by molar-refractivity contribution is -0.137. The van der Waals surface area contributed by atoms with Gasteiger partial charge in [-0.2, -0.15) is 13.2 Å². The van der Waals surface area contributed by atoms with Gasteiger partial charge in [0.25, 0.3) is 0 Å². The lowest BCUT2D eigenvalue weighted by Crippen LogP contribution is -2.17. The van der Waals surface area contributed by atoms with Crippen LogP contribution in [0.2, 0.25) is 0 Å². The van der Waals surface area contributed by atoms with Crippen molar-refractivity contribution in [3.63, 3.8) is 0 Å². The van der Waals surface area contributed by atoms with Crippen LogP contribution >= 0.6 is 11.3 Å². The van der Waals surface area contributed by atoms with Crippen LogP contribution in [0.15, 0.2) is 42.5 Å². The standard InChI is InChI=1S/C23H20F3NO2S/c1-13-6-7-15-4-3-5-19(18(15)12-13)29-22(28)20-14(2)27-21(30-20)16-8-10-17(11-9-16)23(24,25)26/h6-12,19H,3-5H2,1-2H3/t19-/m0/s1. The van der Waals surface area contributed by atoms with Gasteiger partial charge in [-0.1, -0.05) is 35.9 Å². The fraction of sp³-hybridized carbons (Fsp3) is 0.304. The van der Waals surface area contributed by atoms with E-state index in [9.17, 15) is 18.0 Å². The van der Waals surface area contributed by atoms with Crippen LogP contribution in [0.1, 0.15) is 56.6 Å². The van der Waals surface area contributed by atoms with E-state index in [1.807, 2.05) is 6.92 Å². The van der Waals surface area contributed by atoms with Crippen LogP contribution in [0.3, 0.4) is 0 Å². The molecule has 1 aliphatic rings. The maximum atomic E-state index is 12.9. The molecule has 1 heterocycles. The van der Waals surface area contributed by atoms with Gasteiger partial charge < -0.3 is 4.74 Å². The number of rotatable bonds is 3. The zero-order valence-electron chi connectivity index (χ0n) is 16.5. The largest absolute Gasteiger partial charge is 0.453 e. The van der Waals surface area contributed by atoms with Crippen molar-refractivity contribution in [2.75, 3.05) is 0 Å². The Bertz CT molecular complexity index is 1090. The quantitative estimate of drug-likeness (QED) is 0.434. The maximum absolute atomic E-state index is 12.9. The summed E-state index contributed by atoms with van der Waals surface area (Å²) >= 11 is 1.14. The van der Waals surface area contributed by atoms with Crippen molar-refractivity contribution in [2.45, 2.75) is 45.4 Å². The van der Waals surface area contributed by atoms with Gasteiger partial charge in [-0.25, -0.2) is 9.78 Å². The van der Waals surface area contributed by atoms with E-state index in [1.165, 1.54) is 17.7 Å². The first kappa shape index (κ1) is 20.6. The Balaban J connectivity index is 1.56. The molecule has 0 aliphatic heterocycles. The molecule has 0 saturated heterocycles. The Morgan fingerprint density at radius 1 is 1.13 bits per heavy atom. The monoisotopic (exact) mass is 431 g/mol. The summed E-state index contributed by atoms with van der Waals surface area (Å²) in [5.74, 6) is -0.442. The average molecular weight is 431 g/mol. The van der Waals surface area contributed by atoms with Crippen LogP contribution in [0.5, 0.6) is 0 Å². The highest BCUT2D eigenvalue weighted by Gasteiger charge is 2.30. The first-order chi connectivity index (χ1) is 14.2. The highest BCUT2D eigenvalue weighted by molar-refractivity contribution is 7.17. The lowest BCUT2D eigenvalue weighted by atomic mass is 9.88. The van der Waals surface area contributed by atoms with Gasteiger partial charge in [0.1, 0.15) is 16.0 Å². The molecule has 0 spiro atoms. The van der Waals surface area contributed by atoms with E-state index in [2.05, 4.69) is 23.2 Å². The highest BCUT2D eigenvalue weighted by atomic mass is 32.1. The molecule has 0 fully saturated rings. The minimum atomic E-state index is -4.39. The summed E-state index contributed by atoms with van der Waals surface area (Å²) in [4.78, 5) is 17.6. The molecule has 0 bridgehead atoms. The summed E-state index contributed by atoms with van der Waals surface area (Å²) in [6, 6.07) is 11.0. The number of esters is 1. The van der Waals surface area contributed by atoms with Crippen LogP contribution in [0.4, 0.5) is 13.2 Å². The molecule has 3 aromatic rings. The summed E-state index contributed by atoms with van der Waals surface area (Å²) in [6.07, 6.45) is -1.99. The minimum Gasteiger partial charge on any atom is -0.453 e. The molecule has 2 aromatic carbocycles. The number of carbonyl (C=O) groups is 1. The van der Waals surface area contributed by atoms with E-state index in [0.717, 1.165) is 53.9 Å². The molecule has 0 unspecified atom stereocenters. The zero-order chi connectivity index (χ0) is 21.5. The second kappa shape index (κ2) is 7.87.